The summed E-state index contributed by atoms with van der Waals surface area (Å²) in [7, 11) is 3.20. The average Bonchev–Trinajstić information content (AvgIpc) is 3.12. The first-order chi connectivity index (χ1) is 10.1. The number of likely N-dealkylation sites (N-methyl/N-ethyl adjacent to an activating group) is 1. The Hall–Kier alpha value is -2.22. The smallest absolute Gasteiger partial charge is 0.306 e. The number of aromatic nitrogens is 2. The van der Waals surface area contributed by atoms with Gasteiger partial charge >= 0.3 is 5.97 Å². The van der Waals surface area contributed by atoms with Crippen LogP contribution in [0.15, 0.2) is 22.0 Å². The van der Waals surface area contributed by atoms with Gasteiger partial charge in [0.05, 0.1) is 11.3 Å². The highest BCUT2D eigenvalue weighted by Gasteiger charge is 2.13. The molecular weight excluding hydrogens is 294 g/mol. The molecular formula is C13H15N3O4S. The van der Waals surface area contributed by atoms with E-state index in [-0.39, 0.29) is 25.4 Å². The van der Waals surface area contributed by atoms with Gasteiger partial charge in [0, 0.05) is 20.5 Å². The van der Waals surface area contributed by atoms with E-state index in [1.807, 2.05) is 17.5 Å². The highest BCUT2D eigenvalue weighted by molar-refractivity contribution is 7.13. The number of nitrogens with zero attached hydrogens (tertiary/aromatic N) is 3. The molecule has 2 heterocycles. The Kier molecular flexibility index (Phi) is 5.04. The quantitative estimate of drug-likeness (QED) is 0.749. The monoisotopic (exact) mass is 309 g/mol. The van der Waals surface area contributed by atoms with E-state index < -0.39 is 5.97 Å². The van der Waals surface area contributed by atoms with Crippen LogP contribution in [0.2, 0.25) is 0 Å². The van der Waals surface area contributed by atoms with E-state index in [9.17, 15) is 9.59 Å². The minimum Gasteiger partial charge on any atom is -0.456 e. The molecule has 0 radical (unpaired) electrons. The number of thiophene rings is 1. The first-order valence-electron chi connectivity index (χ1n) is 6.28. The fourth-order valence-corrected chi connectivity index (χ4v) is 2.06. The molecule has 0 unspecified atom stereocenters. The summed E-state index contributed by atoms with van der Waals surface area (Å²) in [5.74, 6) is 0.146. The summed E-state index contributed by atoms with van der Waals surface area (Å²) in [6.07, 6.45) is 0.375. The molecule has 7 nitrogen and oxygen atoms in total. The minimum atomic E-state index is -0.471. The lowest BCUT2D eigenvalue weighted by Gasteiger charge is -2.09. The topological polar surface area (TPSA) is 85.5 Å². The zero-order valence-electron chi connectivity index (χ0n) is 11.7. The standard InChI is InChI=1S/C13H15N3O4S/c1-16(2)11(17)8-19-12(18)6-5-10-14-13(15-20-10)9-4-3-7-21-9/h3-4,7H,5-6,8H2,1-2H3. The van der Waals surface area contributed by atoms with Crippen molar-refractivity contribution < 1.29 is 18.8 Å². The van der Waals surface area contributed by atoms with E-state index in [0.717, 1.165) is 4.88 Å². The summed E-state index contributed by atoms with van der Waals surface area (Å²) in [5.41, 5.74) is 0. The number of ether oxygens (including phenoxy) is 1. The molecule has 0 fully saturated rings. The van der Waals surface area contributed by atoms with Crippen LogP contribution in [0, 0.1) is 0 Å². The summed E-state index contributed by atoms with van der Waals surface area (Å²) in [5, 5.41) is 5.77. The Bertz CT molecular complexity index is 607. The van der Waals surface area contributed by atoms with Crippen LogP contribution in [-0.4, -0.2) is 47.6 Å². The van der Waals surface area contributed by atoms with Crippen LogP contribution in [0.1, 0.15) is 12.3 Å². The van der Waals surface area contributed by atoms with Gasteiger partial charge in [0.25, 0.3) is 5.91 Å². The SMILES string of the molecule is CN(C)C(=O)COC(=O)CCc1nc(-c2cccs2)no1. The maximum Gasteiger partial charge on any atom is 0.306 e. The van der Waals surface area contributed by atoms with Crippen LogP contribution in [0.25, 0.3) is 10.7 Å². The first-order valence-corrected chi connectivity index (χ1v) is 7.16. The van der Waals surface area contributed by atoms with Crippen molar-refractivity contribution >= 4 is 23.2 Å². The number of aryl methyl sites for hydroxylation is 1. The fourth-order valence-electron chi connectivity index (χ4n) is 1.41. The third-order valence-electron chi connectivity index (χ3n) is 2.61. The molecule has 21 heavy (non-hydrogen) atoms. The number of carbonyl (C=O) groups is 2. The normalized spacial score (nSPS) is 10.4. The molecule has 0 aliphatic carbocycles. The van der Waals surface area contributed by atoms with Gasteiger partial charge in [-0.25, -0.2) is 0 Å². The first kappa shape index (κ1) is 15.2. The van der Waals surface area contributed by atoms with Gasteiger partial charge in [-0.05, 0) is 11.4 Å². The number of rotatable bonds is 6. The summed E-state index contributed by atoms with van der Waals surface area (Å²) in [6, 6.07) is 3.79. The third-order valence-corrected chi connectivity index (χ3v) is 3.47. The second kappa shape index (κ2) is 6.98. The minimum absolute atomic E-state index is 0.0901. The van der Waals surface area contributed by atoms with Crippen molar-refractivity contribution in [3.05, 3.63) is 23.4 Å². The van der Waals surface area contributed by atoms with Gasteiger partial charge in [-0.1, -0.05) is 11.2 Å². The van der Waals surface area contributed by atoms with Crippen LogP contribution in [0.3, 0.4) is 0 Å². The lowest BCUT2D eigenvalue weighted by Crippen LogP contribution is -2.27. The Morgan fingerprint density at radius 2 is 2.24 bits per heavy atom. The van der Waals surface area contributed by atoms with Gasteiger partial charge in [0.2, 0.25) is 11.7 Å². The van der Waals surface area contributed by atoms with Crippen LogP contribution in [0.5, 0.6) is 0 Å². The highest BCUT2D eigenvalue weighted by Crippen LogP contribution is 2.21. The summed E-state index contributed by atoms with van der Waals surface area (Å²) in [6.45, 7) is -0.254. The maximum absolute atomic E-state index is 11.5. The van der Waals surface area contributed by atoms with Gasteiger partial charge < -0.3 is 14.2 Å². The molecule has 0 N–H and O–H groups in total. The van der Waals surface area contributed by atoms with Gasteiger partial charge in [0.1, 0.15) is 0 Å². The Balaban J connectivity index is 1.78. The molecule has 0 aromatic carbocycles. The van der Waals surface area contributed by atoms with Crippen molar-refractivity contribution in [1.29, 1.82) is 0 Å². The van der Waals surface area contributed by atoms with E-state index in [1.54, 1.807) is 14.1 Å². The van der Waals surface area contributed by atoms with Crippen molar-refractivity contribution in [2.45, 2.75) is 12.8 Å². The van der Waals surface area contributed by atoms with E-state index >= 15 is 0 Å². The molecule has 0 atom stereocenters. The lowest BCUT2D eigenvalue weighted by molar-refractivity contribution is -0.151. The van der Waals surface area contributed by atoms with Crippen molar-refractivity contribution in [1.82, 2.24) is 15.0 Å². The molecule has 0 aliphatic rings. The predicted octanol–water partition coefficient (Wildman–Crippen LogP) is 1.36. The third kappa shape index (κ3) is 4.38. The van der Waals surface area contributed by atoms with Gasteiger partial charge in [-0.3, -0.25) is 9.59 Å². The van der Waals surface area contributed by atoms with Crippen LogP contribution >= 0.6 is 11.3 Å². The summed E-state index contributed by atoms with van der Waals surface area (Å²) in [4.78, 5) is 29.2. The molecule has 0 saturated heterocycles. The Morgan fingerprint density at radius 3 is 2.90 bits per heavy atom. The highest BCUT2D eigenvalue weighted by atomic mass is 32.1. The number of amides is 1. The molecule has 0 bridgehead atoms. The number of hydrogen-bond donors (Lipinski definition) is 0. The van der Waals surface area contributed by atoms with Gasteiger partial charge in [-0.2, -0.15) is 4.98 Å². The number of esters is 1. The van der Waals surface area contributed by atoms with Crippen molar-refractivity contribution in [2.24, 2.45) is 0 Å². The van der Waals surface area contributed by atoms with Gasteiger partial charge in [-0.15, -0.1) is 11.3 Å². The second-order valence-corrected chi connectivity index (χ2v) is 5.39. The fraction of sp³-hybridized carbons (Fsp3) is 0.385. The molecule has 2 rings (SSSR count). The number of hydrogen-bond acceptors (Lipinski definition) is 7. The second-order valence-electron chi connectivity index (χ2n) is 4.44. The predicted molar refractivity (Wildman–Crippen MR) is 75.6 cm³/mol. The van der Waals surface area contributed by atoms with Crippen LogP contribution in [0.4, 0.5) is 0 Å². The summed E-state index contributed by atoms with van der Waals surface area (Å²) >= 11 is 1.51. The zero-order valence-corrected chi connectivity index (χ0v) is 12.6. The van der Waals surface area contributed by atoms with E-state index in [0.29, 0.717) is 11.7 Å². The largest absolute Gasteiger partial charge is 0.456 e. The molecule has 0 spiro atoms. The molecule has 2 aromatic heterocycles. The van der Waals surface area contributed by atoms with Crippen LogP contribution < -0.4 is 0 Å². The molecule has 8 heteroatoms. The molecule has 2 aromatic rings. The zero-order chi connectivity index (χ0) is 15.2. The number of carbonyl (C=O) groups excluding carboxylic acids is 2. The van der Waals surface area contributed by atoms with Crippen molar-refractivity contribution in [2.75, 3.05) is 20.7 Å². The van der Waals surface area contributed by atoms with E-state index in [4.69, 9.17) is 9.26 Å². The van der Waals surface area contributed by atoms with E-state index in [2.05, 4.69) is 10.1 Å². The molecule has 112 valence electrons. The van der Waals surface area contributed by atoms with E-state index in [1.165, 1.54) is 16.2 Å². The molecule has 1 amide bonds. The van der Waals surface area contributed by atoms with Crippen LogP contribution in [-0.2, 0) is 20.7 Å². The molecule has 0 saturated carbocycles. The molecule has 0 aliphatic heterocycles. The van der Waals surface area contributed by atoms with Crippen molar-refractivity contribution in [3.8, 4) is 10.7 Å². The maximum atomic E-state index is 11.5. The van der Waals surface area contributed by atoms with Gasteiger partial charge in [0.15, 0.2) is 6.61 Å². The summed E-state index contributed by atoms with van der Waals surface area (Å²) < 4.78 is 9.91. The lowest BCUT2D eigenvalue weighted by atomic mass is 10.3. The Morgan fingerprint density at radius 1 is 1.43 bits per heavy atom. The average molecular weight is 309 g/mol. The van der Waals surface area contributed by atoms with Crippen molar-refractivity contribution in [3.63, 3.8) is 0 Å². The Labute approximate surface area is 125 Å².